The molecule has 0 aliphatic carbocycles. The van der Waals surface area contributed by atoms with Gasteiger partial charge in [0.05, 0.1) is 6.10 Å². The summed E-state index contributed by atoms with van der Waals surface area (Å²) in [4.78, 5) is 0. The molecule has 3 aliphatic heterocycles. The first kappa shape index (κ1) is 26.2. The van der Waals surface area contributed by atoms with E-state index in [1.54, 1.807) is 6.92 Å². The quantitative estimate of drug-likeness (QED) is 0.177. The Morgan fingerprint density at radius 3 is 1.97 bits per heavy atom. The van der Waals surface area contributed by atoms with E-state index in [0.29, 0.717) is 6.61 Å². The summed E-state index contributed by atoms with van der Waals surface area (Å²) < 4.78 is 28.1. The van der Waals surface area contributed by atoms with E-state index in [9.17, 15) is 20.4 Å². The maximum absolute atomic E-state index is 10.6. The van der Waals surface area contributed by atoms with Gasteiger partial charge >= 0.3 is 0 Å². The fraction of sp³-hybridized carbons (Fsp3) is 1.00. The van der Waals surface area contributed by atoms with Gasteiger partial charge in [0, 0.05) is 6.61 Å². The lowest BCUT2D eigenvalue weighted by Crippen LogP contribution is -2.60. The Morgan fingerprint density at radius 2 is 1.31 bits per heavy atom. The van der Waals surface area contributed by atoms with Gasteiger partial charge in [-0.05, 0) is 26.3 Å². The second-order valence-corrected chi connectivity index (χ2v) is 9.09. The third-order valence-electron chi connectivity index (χ3n) is 6.42. The van der Waals surface area contributed by atoms with E-state index in [1.807, 2.05) is 0 Å². The highest BCUT2D eigenvalue weighted by Crippen LogP contribution is 2.38. The second-order valence-electron chi connectivity index (χ2n) is 9.09. The number of aliphatic hydroxyl groups is 4. The number of fused-ring (bicyclic) bond motifs is 1. The van der Waals surface area contributed by atoms with E-state index >= 15 is 0 Å². The predicted octanol–water partition coefficient (Wildman–Crippen LogP) is 0.127. The summed E-state index contributed by atoms with van der Waals surface area (Å²) >= 11 is 0. The Morgan fingerprint density at radius 1 is 0.688 bits per heavy atom. The highest BCUT2D eigenvalue weighted by Gasteiger charge is 2.59. The van der Waals surface area contributed by atoms with E-state index < -0.39 is 61.6 Å². The monoisotopic (exact) mass is 463 g/mol. The molecule has 10 atom stereocenters. The van der Waals surface area contributed by atoms with Crippen LogP contribution in [0.15, 0.2) is 0 Å². The van der Waals surface area contributed by atoms with Crippen LogP contribution in [-0.4, -0.2) is 95.2 Å². The SMILES string of the molecule is CC1OC(OC2C(O)[C@H]3OC3O[C@H]2OCCCCCCCCCCCN)[C@@H](O)C(O)[C@H]1O. The third kappa shape index (κ3) is 7.05. The van der Waals surface area contributed by atoms with Crippen LogP contribution >= 0.6 is 0 Å². The zero-order valence-corrected chi connectivity index (χ0v) is 19.0. The van der Waals surface area contributed by atoms with Crippen LogP contribution in [0, 0.1) is 0 Å². The summed E-state index contributed by atoms with van der Waals surface area (Å²) in [5.41, 5.74) is 5.50. The molecule has 0 saturated carbocycles. The lowest BCUT2D eigenvalue weighted by atomic mass is 9.99. The van der Waals surface area contributed by atoms with Crippen molar-refractivity contribution in [2.75, 3.05) is 13.2 Å². The smallest absolute Gasteiger partial charge is 0.190 e. The minimum absolute atomic E-state index is 0.441. The van der Waals surface area contributed by atoms with Crippen LogP contribution in [0.1, 0.15) is 64.7 Å². The molecule has 0 bridgehead atoms. The van der Waals surface area contributed by atoms with Gasteiger partial charge in [-0.3, -0.25) is 0 Å². The molecule has 6 N–H and O–H groups in total. The van der Waals surface area contributed by atoms with Gasteiger partial charge in [-0.2, -0.15) is 0 Å². The van der Waals surface area contributed by atoms with Crippen molar-refractivity contribution in [1.82, 2.24) is 0 Å². The fourth-order valence-electron chi connectivity index (χ4n) is 4.26. The Balaban J connectivity index is 1.37. The second kappa shape index (κ2) is 12.9. The van der Waals surface area contributed by atoms with Gasteiger partial charge in [0.15, 0.2) is 18.9 Å². The molecule has 3 fully saturated rings. The molecule has 0 aromatic heterocycles. The highest BCUT2D eigenvalue weighted by molar-refractivity contribution is 4.97. The van der Waals surface area contributed by atoms with Crippen molar-refractivity contribution in [2.45, 2.75) is 126 Å². The van der Waals surface area contributed by atoms with E-state index in [-0.39, 0.29) is 0 Å². The lowest BCUT2D eigenvalue weighted by Gasteiger charge is -2.42. The van der Waals surface area contributed by atoms with Crippen molar-refractivity contribution in [3.8, 4) is 0 Å². The molecule has 0 aromatic carbocycles. The van der Waals surface area contributed by atoms with Gasteiger partial charge in [-0.25, -0.2) is 0 Å². The van der Waals surface area contributed by atoms with E-state index in [4.69, 9.17) is 29.4 Å². The third-order valence-corrected chi connectivity index (χ3v) is 6.42. The van der Waals surface area contributed by atoms with Gasteiger partial charge in [0.1, 0.15) is 36.6 Å². The summed E-state index contributed by atoms with van der Waals surface area (Å²) in [7, 11) is 0. The molecular formula is C22H41NO9. The first-order valence-electron chi connectivity index (χ1n) is 12.1. The normalized spacial score (nSPS) is 41.4. The molecule has 10 nitrogen and oxygen atoms in total. The van der Waals surface area contributed by atoms with Crippen LogP contribution in [0.5, 0.6) is 0 Å². The van der Waals surface area contributed by atoms with Gasteiger partial charge in [-0.15, -0.1) is 0 Å². The van der Waals surface area contributed by atoms with Gasteiger partial charge in [-0.1, -0.05) is 44.9 Å². The molecule has 32 heavy (non-hydrogen) atoms. The number of hydrogen-bond donors (Lipinski definition) is 5. The Hall–Kier alpha value is -0.400. The average Bonchev–Trinajstić information content (AvgIpc) is 3.56. The lowest BCUT2D eigenvalue weighted by molar-refractivity contribution is -0.343. The number of epoxide rings is 1. The van der Waals surface area contributed by atoms with Crippen LogP contribution < -0.4 is 5.73 Å². The van der Waals surface area contributed by atoms with Gasteiger partial charge in [0.2, 0.25) is 0 Å². The number of hydrogen-bond acceptors (Lipinski definition) is 10. The number of unbranched alkanes of at least 4 members (excludes halogenated alkanes) is 8. The Kier molecular flexibility index (Phi) is 10.6. The van der Waals surface area contributed by atoms with Crippen LogP contribution in [0.3, 0.4) is 0 Å². The summed E-state index contributed by atoms with van der Waals surface area (Å²) in [5.74, 6) is 0. The number of nitrogens with two attached hydrogens (primary N) is 1. The van der Waals surface area contributed by atoms with E-state index in [0.717, 1.165) is 32.2 Å². The molecule has 0 spiro atoms. The van der Waals surface area contributed by atoms with Crippen molar-refractivity contribution < 1.29 is 44.1 Å². The number of ether oxygens (including phenoxy) is 5. The summed E-state index contributed by atoms with van der Waals surface area (Å²) in [5, 5.41) is 40.6. The predicted molar refractivity (Wildman–Crippen MR) is 113 cm³/mol. The van der Waals surface area contributed by atoms with Crippen molar-refractivity contribution in [1.29, 1.82) is 0 Å². The zero-order valence-electron chi connectivity index (χ0n) is 19.0. The molecule has 6 unspecified atom stereocenters. The van der Waals surface area contributed by atoms with Gasteiger partial charge < -0.3 is 49.8 Å². The van der Waals surface area contributed by atoms with Gasteiger partial charge in [0.25, 0.3) is 0 Å². The summed E-state index contributed by atoms with van der Waals surface area (Å²) in [6, 6.07) is 0. The standard InChI is InChI=1S/C22H41NO9/c1-13-14(24)15(25)16(26)20(29-13)30-18-17(27)19-22(31-19)32-21(18)28-12-10-8-6-4-2-3-5-7-9-11-23/h13-22,24-27H,2-12,23H2,1H3/t13?,14-,15?,16-,17?,18?,19+,20?,21+,22?/m0/s1. The molecule has 10 heteroatoms. The Bertz CT molecular complexity index is 542. The van der Waals surface area contributed by atoms with Crippen LogP contribution in [0.25, 0.3) is 0 Å². The minimum atomic E-state index is -1.47. The molecule has 3 rings (SSSR count). The van der Waals surface area contributed by atoms with Crippen molar-refractivity contribution in [2.24, 2.45) is 5.73 Å². The molecule has 3 aliphatic rings. The summed E-state index contributed by atoms with van der Waals surface area (Å²) in [6.07, 6.45) is 0.302. The maximum Gasteiger partial charge on any atom is 0.190 e. The van der Waals surface area contributed by atoms with Crippen LogP contribution in [0.2, 0.25) is 0 Å². The largest absolute Gasteiger partial charge is 0.388 e. The average molecular weight is 464 g/mol. The molecule has 0 radical (unpaired) electrons. The number of rotatable bonds is 14. The molecule has 188 valence electrons. The molecule has 3 saturated heterocycles. The minimum Gasteiger partial charge on any atom is -0.388 e. The summed E-state index contributed by atoms with van der Waals surface area (Å²) in [6.45, 7) is 2.79. The zero-order chi connectivity index (χ0) is 23.1. The molecule has 0 amide bonds. The van der Waals surface area contributed by atoms with Crippen molar-refractivity contribution in [3.05, 3.63) is 0 Å². The first-order chi connectivity index (χ1) is 15.4. The van der Waals surface area contributed by atoms with E-state index in [2.05, 4.69) is 0 Å². The van der Waals surface area contributed by atoms with E-state index in [1.165, 1.54) is 32.1 Å². The topological polar surface area (TPSA) is 156 Å². The molecule has 3 heterocycles. The maximum atomic E-state index is 10.6. The molecule has 0 aromatic rings. The fourth-order valence-corrected chi connectivity index (χ4v) is 4.26. The van der Waals surface area contributed by atoms with Crippen molar-refractivity contribution >= 4 is 0 Å². The Labute approximate surface area is 189 Å². The first-order valence-corrected chi connectivity index (χ1v) is 12.1. The highest BCUT2D eigenvalue weighted by atomic mass is 16.8. The molecular weight excluding hydrogens is 422 g/mol. The van der Waals surface area contributed by atoms with Crippen molar-refractivity contribution in [3.63, 3.8) is 0 Å². The van der Waals surface area contributed by atoms with Crippen LogP contribution in [0.4, 0.5) is 0 Å². The number of aliphatic hydroxyl groups excluding tert-OH is 4. The van der Waals surface area contributed by atoms with Crippen LogP contribution in [-0.2, 0) is 23.7 Å².